The average molecular weight is 488 g/mol. The molecule has 2 rings (SSSR count). The number of rotatable bonds is 14. The second-order valence-electron chi connectivity index (χ2n) is 9.35. The molecule has 0 aromatic heterocycles. The zero-order valence-corrected chi connectivity index (χ0v) is 20.2. The lowest BCUT2D eigenvalue weighted by Gasteiger charge is -2.30. The van der Waals surface area contributed by atoms with Gasteiger partial charge in [-0.15, -0.1) is 0 Å². The molecule has 0 fully saturated rings. The van der Waals surface area contributed by atoms with Gasteiger partial charge in [0.25, 0.3) is 0 Å². The van der Waals surface area contributed by atoms with Crippen LogP contribution in [0.15, 0.2) is 60.7 Å². The van der Waals surface area contributed by atoms with Crippen molar-refractivity contribution in [2.45, 2.75) is 51.0 Å². The molecule has 9 nitrogen and oxygen atoms in total. The first-order valence-corrected chi connectivity index (χ1v) is 11.7. The molecular weight excluding hydrogens is 450 g/mol. The van der Waals surface area contributed by atoms with Crippen molar-refractivity contribution < 1.29 is 30.0 Å². The summed E-state index contributed by atoms with van der Waals surface area (Å²) in [6, 6.07) is 17.3. The number of benzene rings is 2. The summed E-state index contributed by atoms with van der Waals surface area (Å²) >= 11 is 0. The Balaban J connectivity index is 2.00. The Kier molecular flexibility index (Phi) is 11.1. The molecule has 192 valence electrons. The van der Waals surface area contributed by atoms with E-state index in [9.17, 15) is 24.9 Å². The highest BCUT2D eigenvalue weighted by atomic mass is 16.4. The lowest BCUT2D eigenvalue weighted by atomic mass is 9.92. The van der Waals surface area contributed by atoms with Gasteiger partial charge in [0.05, 0.1) is 36.3 Å². The molecule has 0 bridgehead atoms. The fraction of sp³-hybridized carbons (Fsp3) is 0.462. The number of aliphatic hydroxyl groups is 3. The summed E-state index contributed by atoms with van der Waals surface area (Å²) in [6.07, 6.45) is -2.60. The van der Waals surface area contributed by atoms with Gasteiger partial charge in [-0.1, -0.05) is 60.7 Å². The molecule has 35 heavy (non-hydrogen) atoms. The van der Waals surface area contributed by atoms with Crippen LogP contribution in [0.1, 0.15) is 25.0 Å². The molecule has 0 aliphatic carbocycles. The van der Waals surface area contributed by atoms with E-state index >= 15 is 0 Å². The molecule has 2 amide bonds. The van der Waals surface area contributed by atoms with Crippen LogP contribution in [0.2, 0.25) is 0 Å². The number of amides is 2. The summed E-state index contributed by atoms with van der Waals surface area (Å²) < 4.78 is 0. The molecule has 7 N–H and O–H groups in total. The zero-order chi connectivity index (χ0) is 25.8. The van der Waals surface area contributed by atoms with E-state index in [1.54, 1.807) is 13.8 Å². The quantitative estimate of drug-likeness (QED) is 0.209. The molecule has 0 spiro atoms. The Labute approximate surface area is 206 Å². The SMILES string of the molecule is CC(C)(CO)C(=O)N[C@@H](Cc1ccccc1)C(O)CNC[C@@H](O)[C@H](Cc1ccccc1)NC(=O)O. The van der Waals surface area contributed by atoms with Crippen LogP contribution in [-0.2, 0) is 17.6 Å². The van der Waals surface area contributed by atoms with Gasteiger partial charge >= 0.3 is 6.09 Å². The first kappa shape index (κ1) is 28.3. The minimum atomic E-state index is -1.23. The number of nitrogens with one attached hydrogen (secondary N) is 3. The Morgan fingerprint density at radius 2 is 1.23 bits per heavy atom. The van der Waals surface area contributed by atoms with Crippen LogP contribution in [0.4, 0.5) is 4.79 Å². The first-order valence-electron chi connectivity index (χ1n) is 11.7. The molecule has 1 unspecified atom stereocenters. The van der Waals surface area contributed by atoms with Crippen molar-refractivity contribution >= 4 is 12.0 Å². The fourth-order valence-corrected chi connectivity index (χ4v) is 3.56. The van der Waals surface area contributed by atoms with Gasteiger partial charge in [-0.2, -0.15) is 0 Å². The molecule has 2 aromatic rings. The van der Waals surface area contributed by atoms with Crippen LogP contribution in [0.3, 0.4) is 0 Å². The predicted octanol–water partition coefficient (Wildman–Crippen LogP) is 0.923. The number of hydrogen-bond acceptors (Lipinski definition) is 6. The van der Waals surface area contributed by atoms with Crippen LogP contribution < -0.4 is 16.0 Å². The van der Waals surface area contributed by atoms with E-state index in [0.717, 1.165) is 11.1 Å². The second-order valence-corrected chi connectivity index (χ2v) is 9.35. The Morgan fingerprint density at radius 3 is 1.63 bits per heavy atom. The highest BCUT2D eigenvalue weighted by Gasteiger charge is 2.31. The van der Waals surface area contributed by atoms with Gasteiger partial charge in [-0.25, -0.2) is 4.79 Å². The van der Waals surface area contributed by atoms with E-state index in [-0.39, 0.29) is 25.6 Å². The third-order valence-electron chi connectivity index (χ3n) is 5.87. The number of aliphatic hydroxyl groups excluding tert-OH is 3. The van der Waals surface area contributed by atoms with Crippen LogP contribution in [0, 0.1) is 5.41 Å². The number of carbonyl (C=O) groups is 2. The molecule has 0 radical (unpaired) electrons. The van der Waals surface area contributed by atoms with Crippen molar-refractivity contribution in [2.24, 2.45) is 5.41 Å². The van der Waals surface area contributed by atoms with E-state index in [0.29, 0.717) is 12.8 Å². The molecule has 2 aromatic carbocycles. The Morgan fingerprint density at radius 1 is 0.800 bits per heavy atom. The standard InChI is InChI=1S/C26H37N3O6/c1-26(2,17-30)24(33)28-20(13-18-9-5-3-6-10-18)22(31)15-27-16-23(32)21(29-25(34)35)14-19-11-7-4-8-12-19/h3-12,20-23,27,29-32H,13-17H2,1-2H3,(H,28,33)(H,34,35)/t20-,21-,22?,23+/m0/s1. The molecule has 0 aliphatic heterocycles. The third-order valence-corrected chi connectivity index (χ3v) is 5.87. The number of hydrogen-bond donors (Lipinski definition) is 7. The Hall–Kier alpha value is -2.98. The average Bonchev–Trinajstić information content (AvgIpc) is 2.84. The second kappa shape index (κ2) is 13.8. The van der Waals surface area contributed by atoms with Crippen LogP contribution in [0.25, 0.3) is 0 Å². The van der Waals surface area contributed by atoms with Gasteiger partial charge < -0.3 is 36.4 Å². The molecule has 4 atom stereocenters. The maximum atomic E-state index is 12.6. The normalized spacial score (nSPS) is 15.0. The molecule has 0 saturated heterocycles. The van der Waals surface area contributed by atoms with Crippen LogP contribution in [-0.4, -0.2) is 76.4 Å². The zero-order valence-electron chi connectivity index (χ0n) is 20.2. The summed E-state index contributed by atoms with van der Waals surface area (Å²) in [5.74, 6) is -0.381. The topological polar surface area (TPSA) is 151 Å². The summed E-state index contributed by atoms with van der Waals surface area (Å²) in [6.45, 7) is 2.98. The summed E-state index contributed by atoms with van der Waals surface area (Å²) in [5.41, 5.74) is 0.792. The van der Waals surface area contributed by atoms with Gasteiger partial charge in [0.2, 0.25) is 5.91 Å². The van der Waals surface area contributed by atoms with Gasteiger partial charge in [0.1, 0.15) is 0 Å². The third kappa shape index (κ3) is 9.65. The smallest absolute Gasteiger partial charge is 0.404 e. The lowest BCUT2D eigenvalue weighted by Crippen LogP contribution is -2.54. The fourth-order valence-electron chi connectivity index (χ4n) is 3.56. The summed E-state index contributed by atoms with van der Waals surface area (Å²) in [5, 5.41) is 48.3. The lowest BCUT2D eigenvalue weighted by molar-refractivity contribution is -0.132. The molecule has 0 saturated carbocycles. The van der Waals surface area contributed by atoms with Gasteiger partial charge in [-0.3, -0.25) is 4.79 Å². The molecule has 0 aliphatic rings. The van der Waals surface area contributed by atoms with Crippen molar-refractivity contribution in [3.63, 3.8) is 0 Å². The van der Waals surface area contributed by atoms with Crippen molar-refractivity contribution in [1.82, 2.24) is 16.0 Å². The van der Waals surface area contributed by atoms with Crippen LogP contribution >= 0.6 is 0 Å². The predicted molar refractivity (Wildman–Crippen MR) is 133 cm³/mol. The van der Waals surface area contributed by atoms with E-state index in [1.165, 1.54) is 0 Å². The minimum Gasteiger partial charge on any atom is -0.465 e. The van der Waals surface area contributed by atoms with E-state index in [2.05, 4.69) is 16.0 Å². The maximum Gasteiger partial charge on any atom is 0.404 e. The van der Waals surface area contributed by atoms with Gasteiger partial charge in [0.15, 0.2) is 0 Å². The molecular formula is C26H37N3O6. The van der Waals surface area contributed by atoms with Crippen molar-refractivity contribution in [1.29, 1.82) is 0 Å². The largest absolute Gasteiger partial charge is 0.465 e. The van der Waals surface area contributed by atoms with E-state index in [1.807, 2.05) is 60.7 Å². The number of carboxylic acid groups (broad SMARTS) is 1. The van der Waals surface area contributed by atoms with Crippen molar-refractivity contribution in [2.75, 3.05) is 19.7 Å². The van der Waals surface area contributed by atoms with Gasteiger partial charge in [0, 0.05) is 13.1 Å². The molecule has 9 heteroatoms. The summed E-state index contributed by atoms with van der Waals surface area (Å²) in [4.78, 5) is 23.9. The maximum absolute atomic E-state index is 12.6. The van der Waals surface area contributed by atoms with Crippen molar-refractivity contribution in [3.8, 4) is 0 Å². The summed E-state index contributed by atoms with van der Waals surface area (Å²) in [7, 11) is 0. The van der Waals surface area contributed by atoms with Gasteiger partial charge in [-0.05, 0) is 37.8 Å². The van der Waals surface area contributed by atoms with E-state index in [4.69, 9.17) is 5.11 Å². The monoisotopic (exact) mass is 487 g/mol. The number of carbonyl (C=O) groups excluding carboxylic acids is 1. The highest BCUT2D eigenvalue weighted by molar-refractivity contribution is 5.82. The minimum absolute atomic E-state index is 0.0307. The van der Waals surface area contributed by atoms with E-state index < -0.39 is 35.8 Å². The first-order chi connectivity index (χ1) is 16.6. The van der Waals surface area contributed by atoms with Crippen molar-refractivity contribution in [3.05, 3.63) is 71.8 Å². The highest BCUT2D eigenvalue weighted by Crippen LogP contribution is 2.15. The molecule has 0 heterocycles. The Bertz CT molecular complexity index is 910. The van der Waals surface area contributed by atoms with Crippen LogP contribution in [0.5, 0.6) is 0 Å².